The Morgan fingerprint density at radius 3 is 1.68 bits per heavy atom. The highest BCUT2D eigenvalue weighted by atomic mass is 32.2. The topological polar surface area (TPSA) is 34.1 Å². The van der Waals surface area contributed by atoms with E-state index in [0.29, 0.717) is 36.1 Å². The summed E-state index contributed by atoms with van der Waals surface area (Å²) in [4.78, 5) is 0.117. The molecule has 9 heteroatoms. The first-order chi connectivity index (χ1) is 14.2. The van der Waals surface area contributed by atoms with Crippen molar-refractivity contribution in [3.8, 4) is 0 Å². The lowest BCUT2D eigenvalue weighted by molar-refractivity contribution is -0.162. The number of sulfone groups is 1. The molecule has 31 heavy (non-hydrogen) atoms. The third-order valence-electron chi connectivity index (χ3n) is 6.03. The highest BCUT2D eigenvalue weighted by Crippen LogP contribution is 2.63. The van der Waals surface area contributed by atoms with Crippen molar-refractivity contribution >= 4 is 21.0 Å². The molecule has 1 spiro atoms. The second-order valence-corrected chi connectivity index (χ2v) is 10.4. The molecule has 4 rings (SSSR count). The second-order valence-electron chi connectivity index (χ2n) is 8.36. The Morgan fingerprint density at radius 1 is 0.742 bits per heavy atom. The first kappa shape index (κ1) is 21.9. The zero-order valence-electron chi connectivity index (χ0n) is 16.4. The van der Waals surface area contributed by atoms with Gasteiger partial charge in [0.25, 0.3) is 0 Å². The highest BCUT2D eigenvalue weighted by Gasteiger charge is 2.49. The quantitative estimate of drug-likeness (QED) is 0.483. The Bertz CT molecular complexity index is 1170. The van der Waals surface area contributed by atoms with Crippen LogP contribution in [0.3, 0.4) is 0 Å². The highest BCUT2D eigenvalue weighted by molar-refractivity contribution is 7.90. The number of hydrogen-bond donors (Lipinski definition) is 0. The van der Waals surface area contributed by atoms with Gasteiger partial charge in [0.1, 0.15) is 0 Å². The van der Waals surface area contributed by atoms with Gasteiger partial charge < -0.3 is 0 Å². The van der Waals surface area contributed by atoms with Gasteiger partial charge in [0.2, 0.25) is 0 Å². The van der Waals surface area contributed by atoms with Gasteiger partial charge in [-0.1, -0.05) is 18.2 Å². The van der Waals surface area contributed by atoms with Crippen LogP contribution in [-0.4, -0.2) is 14.7 Å². The van der Waals surface area contributed by atoms with E-state index in [1.165, 1.54) is 12.1 Å². The Balaban J connectivity index is 1.84. The summed E-state index contributed by atoms with van der Waals surface area (Å²) >= 11 is 0. The van der Waals surface area contributed by atoms with Crippen molar-refractivity contribution in [2.24, 2.45) is 5.41 Å². The minimum Gasteiger partial charge on any atom is -0.224 e. The van der Waals surface area contributed by atoms with Gasteiger partial charge in [-0.15, -0.1) is 0 Å². The summed E-state index contributed by atoms with van der Waals surface area (Å²) in [5.41, 5.74) is -1.35. The molecule has 1 fully saturated rings. The molecule has 0 bridgehead atoms. The first-order valence-corrected chi connectivity index (χ1v) is 11.4. The van der Waals surface area contributed by atoms with Crippen molar-refractivity contribution in [1.29, 1.82) is 0 Å². The van der Waals surface area contributed by atoms with Gasteiger partial charge >= 0.3 is 12.4 Å². The van der Waals surface area contributed by atoms with E-state index in [0.717, 1.165) is 30.7 Å². The van der Waals surface area contributed by atoms with Crippen molar-refractivity contribution in [3.63, 3.8) is 0 Å². The van der Waals surface area contributed by atoms with Crippen LogP contribution >= 0.6 is 0 Å². The van der Waals surface area contributed by atoms with E-state index in [-0.39, 0.29) is 15.9 Å². The largest absolute Gasteiger partial charge is 0.417 e. The van der Waals surface area contributed by atoms with Crippen LogP contribution in [0.25, 0.3) is 11.1 Å². The van der Waals surface area contributed by atoms with Crippen molar-refractivity contribution in [1.82, 2.24) is 0 Å². The molecule has 0 unspecified atom stereocenters. The summed E-state index contributed by atoms with van der Waals surface area (Å²) in [6.07, 6.45) is -6.31. The summed E-state index contributed by atoms with van der Waals surface area (Å²) in [7, 11) is -3.41. The predicted molar refractivity (Wildman–Crippen MR) is 104 cm³/mol. The summed E-state index contributed by atoms with van der Waals surface area (Å²) < 4.78 is 103. The zero-order valence-corrected chi connectivity index (χ0v) is 17.2. The Hall–Kier alpha value is -2.29. The molecule has 2 aromatic carbocycles. The maximum Gasteiger partial charge on any atom is 0.417 e. The van der Waals surface area contributed by atoms with Crippen molar-refractivity contribution in [3.05, 3.63) is 64.7 Å². The SMILES string of the molecule is CS(=O)(=O)c1ccc(C2=C(c3ccc(C(F)(F)F)c(C(F)(F)F)c3)CC3(CC3)C2)cc1. The van der Waals surface area contributed by atoms with Crippen LogP contribution < -0.4 is 0 Å². The molecule has 0 N–H and O–H groups in total. The molecule has 2 aromatic rings. The van der Waals surface area contributed by atoms with E-state index in [2.05, 4.69) is 0 Å². The molecule has 0 atom stereocenters. The fraction of sp³-hybridized carbons (Fsp3) is 0.364. The fourth-order valence-corrected chi connectivity index (χ4v) is 4.86. The third kappa shape index (κ3) is 4.24. The standard InChI is InChI=1S/C22H18F6O2S/c1-31(29,30)15-5-2-13(3-6-15)16-11-20(8-9-20)12-17(16)14-4-7-18(21(23,24)25)19(10-14)22(26,27)28/h2-7,10H,8-9,11-12H2,1H3. The maximum absolute atomic E-state index is 13.4. The summed E-state index contributed by atoms with van der Waals surface area (Å²) in [5, 5.41) is 0. The minimum absolute atomic E-state index is 0.0682. The van der Waals surface area contributed by atoms with Crippen LogP contribution in [0.1, 0.15) is 47.9 Å². The molecule has 0 aromatic heterocycles. The van der Waals surface area contributed by atoms with Gasteiger partial charge in [0.15, 0.2) is 9.84 Å². The lowest BCUT2D eigenvalue weighted by Gasteiger charge is -2.18. The number of allylic oxidation sites excluding steroid dienone is 2. The van der Waals surface area contributed by atoms with E-state index in [4.69, 9.17) is 0 Å². The van der Waals surface area contributed by atoms with Crippen molar-refractivity contribution in [2.45, 2.75) is 42.9 Å². The smallest absolute Gasteiger partial charge is 0.224 e. The first-order valence-electron chi connectivity index (χ1n) is 9.51. The Labute approximate surface area is 175 Å². The number of halogens is 6. The van der Waals surface area contributed by atoms with Gasteiger partial charge in [-0.3, -0.25) is 0 Å². The second kappa shape index (κ2) is 6.85. The van der Waals surface area contributed by atoms with Gasteiger partial charge in [0.05, 0.1) is 16.0 Å². The average molecular weight is 460 g/mol. The molecular weight excluding hydrogens is 442 g/mol. The van der Waals surface area contributed by atoms with Crippen molar-refractivity contribution < 1.29 is 34.8 Å². The monoisotopic (exact) mass is 460 g/mol. The van der Waals surface area contributed by atoms with Crippen LogP contribution in [0.15, 0.2) is 47.4 Å². The molecule has 0 aliphatic heterocycles. The van der Waals surface area contributed by atoms with Crippen LogP contribution in [0.2, 0.25) is 0 Å². The molecular formula is C22H18F6O2S. The molecule has 0 radical (unpaired) electrons. The summed E-state index contributed by atoms with van der Waals surface area (Å²) in [6.45, 7) is 0. The van der Waals surface area contributed by atoms with Crippen molar-refractivity contribution in [2.75, 3.05) is 6.26 Å². The molecule has 2 nitrogen and oxygen atoms in total. The van der Waals surface area contributed by atoms with E-state index in [1.54, 1.807) is 12.1 Å². The molecule has 1 saturated carbocycles. The Morgan fingerprint density at radius 2 is 1.23 bits per heavy atom. The average Bonchev–Trinajstić information content (AvgIpc) is 3.29. The lowest BCUT2D eigenvalue weighted by atomic mass is 9.93. The summed E-state index contributed by atoms with van der Waals surface area (Å²) in [6, 6.07) is 8.24. The molecule has 166 valence electrons. The molecule has 2 aliphatic rings. The molecule has 2 aliphatic carbocycles. The van der Waals surface area contributed by atoms with Crippen LogP contribution in [-0.2, 0) is 22.2 Å². The summed E-state index contributed by atoms with van der Waals surface area (Å²) in [5.74, 6) is 0. The predicted octanol–water partition coefficient (Wildman–Crippen LogP) is 6.61. The van der Waals surface area contributed by atoms with E-state index >= 15 is 0 Å². The normalized spacial score (nSPS) is 18.7. The fourth-order valence-electron chi connectivity index (χ4n) is 4.23. The van der Waals surface area contributed by atoms with Crippen LogP contribution in [0.5, 0.6) is 0 Å². The van der Waals surface area contributed by atoms with Crippen LogP contribution in [0, 0.1) is 5.41 Å². The van der Waals surface area contributed by atoms with Crippen LogP contribution in [0.4, 0.5) is 26.3 Å². The third-order valence-corrected chi connectivity index (χ3v) is 7.16. The number of alkyl halides is 6. The molecule has 0 heterocycles. The van der Waals surface area contributed by atoms with E-state index in [9.17, 15) is 34.8 Å². The van der Waals surface area contributed by atoms with E-state index in [1.807, 2.05) is 0 Å². The molecule has 0 amide bonds. The maximum atomic E-state index is 13.4. The van der Waals surface area contributed by atoms with Gasteiger partial charge in [-0.05, 0) is 77.6 Å². The number of benzene rings is 2. The zero-order chi connectivity index (χ0) is 22.8. The number of rotatable bonds is 3. The van der Waals surface area contributed by atoms with Gasteiger partial charge in [-0.2, -0.15) is 26.3 Å². The minimum atomic E-state index is -5.14. The number of hydrogen-bond acceptors (Lipinski definition) is 2. The Kier molecular flexibility index (Phi) is 4.85. The van der Waals surface area contributed by atoms with E-state index < -0.39 is 33.3 Å². The lowest BCUT2D eigenvalue weighted by Crippen LogP contribution is -2.16. The van der Waals surface area contributed by atoms with Gasteiger partial charge in [-0.25, -0.2) is 8.42 Å². The van der Waals surface area contributed by atoms with Gasteiger partial charge in [0, 0.05) is 6.26 Å². The molecule has 0 saturated heterocycles.